The molecule has 3 aromatic carbocycles. The van der Waals surface area contributed by atoms with Crippen molar-refractivity contribution in [3.05, 3.63) is 94.3 Å². The fourth-order valence-corrected chi connectivity index (χ4v) is 4.38. The van der Waals surface area contributed by atoms with Crippen molar-refractivity contribution in [1.82, 2.24) is 0 Å². The average Bonchev–Trinajstić information content (AvgIpc) is 3.32. The van der Waals surface area contributed by atoms with E-state index in [0.717, 1.165) is 12.1 Å². The van der Waals surface area contributed by atoms with Gasteiger partial charge in [-0.3, -0.25) is 4.79 Å². The van der Waals surface area contributed by atoms with Crippen LogP contribution in [0.4, 0.5) is 23.2 Å². The molecule has 1 aliphatic carbocycles. The molecule has 2 N–H and O–H groups in total. The number of halogens is 4. The molecule has 4 rings (SSSR count). The van der Waals surface area contributed by atoms with Gasteiger partial charge in [-0.15, -0.1) is 0 Å². The van der Waals surface area contributed by atoms with Crippen molar-refractivity contribution in [2.75, 3.05) is 5.32 Å². The number of benzene rings is 3. The van der Waals surface area contributed by atoms with Crippen LogP contribution in [0.1, 0.15) is 58.8 Å². The molecule has 0 fully saturated rings. The summed E-state index contributed by atoms with van der Waals surface area (Å²) in [5, 5.41) is 12.1. The van der Waals surface area contributed by atoms with Gasteiger partial charge < -0.3 is 15.2 Å². The number of hydrogen-bond acceptors (Lipinski definition) is 3. The van der Waals surface area contributed by atoms with E-state index in [4.69, 9.17) is 4.74 Å². The smallest absolute Gasteiger partial charge is 0.416 e. The van der Waals surface area contributed by atoms with E-state index < -0.39 is 29.4 Å². The standard InChI is InChI=1S/C28H23F4NO4/c1-16(34)33-25-11-7-18(13-24(25)27(35)36)21-3-2-4-22(21)23-14-19(28(30,31)32)8-12-26(23)37-15-17-5-9-20(29)10-6-17/h5-14H,2-4,15H2,1H3,(H,33,34)(H,35,36). The van der Waals surface area contributed by atoms with Crippen LogP contribution in [0.2, 0.25) is 0 Å². The summed E-state index contributed by atoms with van der Waals surface area (Å²) in [6.45, 7) is 1.29. The number of hydrogen-bond donors (Lipinski definition) is 2. The molecule has 0 aromatic heterocycles. The number of carbonyl (C=O) groups excluding carboxylic acids is 1. The van der Waals surface area contributed by atoms with Crippen LogP contribution in [0, 0.1) is 5.82 Å². The van der Waals surface area contributed by atoms with Crippen LogP contribution < -0.4 is 10.1 Å². The van der Waals surface area contributed by atoms with Gasteiger partial charge in [-0.25, -0.2) is 9.18 Å². The summed E-state index contributed by atoms with van der Waals surface area (Å²) in [6.07, 6.45) is -2.91. The number of alkyl halides is 3. The minimum atomic E-state index is -4.57. The van der Waals surface area contributed by atoms with Gasteiger partial charge in [-0.2, -0.15) is 13.2 Å². The van der Waals surface area contributed by atoms with E-state index in [0.29, 0.717) is 41.5 Å². The third kappa shape index (κ3) is 5.99. The number of carbonyl (C=O) groups is 2. The highest BCUT2D eigenvalue weighted by atomic mass is 19.4. The molecule has 0 spiro atoms. The molecular formula is C28H23F4NO4. The average molecular weight is 513 g/mol. The molecule has 37 heavy (non-hydrogen) atoms. The molecule has 0 radical (unpaired) electrons. The Morgan fingerprint density at radius 2 is 1.68 bits per heavy atom. The number of aromatic carboxylic acids is 1. The van der Waals surface area contributed by atoms with Crippen molar-refractivity contribution in [3.63, 3.8) is 0 Å². The Morgan fingerprint density at radius 1 is 0.973 bits per heavy atom. The first kappa shape index (κ1) is 25.9. The summed E-state index contributed by atoms with van der Waals surface area (Å²) in [5.74, 6) is -1.85. The molecule has 5 nitrogen and oxygen atoms in total. The summed E-state index contributed by atoms with van der Waals surface area (Å²) in [5.41, 5.74) is 1.98. The SMILES string of the molecule is CC(=O)Nc1ccc(C2=C(c3cc(C(F)(F)F)ccc3OCc3ccc(F)cc3)CCC2)cc1C(=O)O. The minimum absolute atomic E-state index is 0.0236. The summed E-state index contributed by atoms with van der Waals surface area (Å²) in [6, 6.07) is 13.4. The predicted octanol–water partition coefficient (Wildman–Crippen LogP) is 7.17. The van der Waals surface area contributed by atoms with Crippen molar-refractivity contribution in [3.8, 4) is 5.75 Å². The number of carboxylic acid groups (broad SMARTS) is 1. The van der Waals surface area contributed by atoms with Crippen LogP contribution in [0.25, 0.3) is 11.1 Å². The van der Waals surface area contributed by atoms with Crippen molar-refractivity contribution in [2.45, 2.75) is 39.0 Å². The zero-order valence-electron chi connectivity index (χ0n) is 19.8. The molecule has 0 bridgehead atoms. The maximum absolute atomic E-state index is 13.6. The van der Waals surface area contributed by atoms with Crippen LogP contribution in [0.15, 0.2) is 60.7 Å². The number of rotatable bonds is 7. The molecule has 1 aliphatic rings. The molecule has 0 aliphatic heterocycles. The summed E-state index contributed by atoms with van der Waals surface area (Å²) >= 11 is 0. The number of carboxylic acids is 1. The van der Waals surface area contributed by atoms with Crippen molar-refractivity contribution < 1.29 is 37.0 Å². The van der Waals surface area contributed by atoms with E-state index >= 15 is 0 Å². The molecule has 0 saturated carbocycles. The van der Waals surface area contributed by atoms with Crippen molar-refractivity contribution in [2.24, 2.45) is 0 Å². The summed E-state index contributed by atoms with van der Waals surface area (Å²) < 4.78 is 59.9. The number of amides is 1. The molecule has 0 saturated heterocycles. The highest BCUT2D eigenvalue weighted by Crippen LogP contribution is 2.45. The van der Waals surface area contributed by atoms with Crippen molar-refractivity contribution >= 4 is 28.7 Å². The van der Waals surface area contributed by atoms with Gasteiger partial charge in [-0.05, 0) is 84.0 Å². The lowest BCUT2D eigenvalue weighted by Gasteiger charge is -2.18. The Labute approximate surface area is 210 Å². The third-order valence-corrected chi connectivity index (χ3v) is 6.07. The largest absolute Gasteiger partial charge is 0.488 e. The maximum Gasteiger partial charge on any atom is 0.416 e. The number of ether oxygens (including phenoxy) is 1. The molecule has 192 valence electrons. The lowest BCUT2D eigenvalue weighted by atomic mass is 9.93. The molecule has 0 atom stereocenters. The Morgan fingerprint density at radius 3 is 2.32 bits per heavy atom. The Hall–Kier alpha value is -4.14. The molecule has 1 amide bonds. The van der Waals surface area contributed by atoms with Crippen LogP contribution in [0.5, 0.6) is 5.75 Å². The Kier molecular flexibility index (Phi) is 7.33. The van der Waals surface area contributed by atoms with Crippen LogP contribution in [-0.2, 0) is 17.6 Å². The normalized spacial score (nSPS) is 13.5. The van der Waals surface area contributed by atoms with Gasteiger partial charge in [0.15, 0.2) is 0 Å². The van der Waals surface area contributed by atoms with Gasteiger partial charge in [-0.1, -0.05) is 18.2 Å². The van der Waals surface area contributed by atoms with Crippen LogP contribution >= 0.6 is 0 Å². The quantitative estimate of drug-likeness (QED) is 0.328. The van der Waals surface area contributed by atoms with E-state index in [1.54, 1.807) is 6.07 Å². The molecule has 0 heterocycles. The van der Waals surface area contributed by atoms with Gasteiger partial charge in [0.2, 0.25) is 5.91 Å². The Balaban J connectivity index is 1.79. The number of anilines is 1. The second kappa shape index (κ2) is 10.5. The first-order valence-corrected chi connectivity index (χ1v) is 11.5. The maximum atomic E-state index is 13.6. The zero-order chi connectivity index (χ0) is 26.7. The van der Waals surface area contributed by atoms with Gasteiger partial charge in [0.25, 0.3) is 0 Å². The minimum Gasteiger partial charge on any atom is -0.488 e. The first-order valence-electron chi connectivity index (χ1n) is 11.5. The van der Waals surface area contributed by atoms with Gasteiger partial charge >= 0.3 is 12.1 Å². The number of allylic oxidation sites excluding steroid dienone is 2. The van der Waals surface area contributed by atoms with E-state index in [2.05, 4.69) is 5.32 Å². The third-order valence-electron chi connectivity index (χ3n) is 6.07. The van der Waals surface area contributed by atoms with E-state index in [1.807, 2.05) is 0 Å². The van der Waals surface area contributed by atoms with Gasteiger partial charge in [0.05, 0.1) is 16.8 Å². The first-order chi connectivity index (χ1) is 17.5. The Bertz CT molecular complexity index is 1380. The molecule has 0 unspecified atom stereocenters. The van der Waals surface area contributed by atoms with Crippen molar-refractivity contribution in [1.29, 1.82) is 0 Å². The fourth-order valence-electron chi connectivity index (χ4n) is 4.38. The number of nitrogens with one attached hydrogen (secondary N) is 1. The second-order valence-corrected chi connectivity index (χ2v) is 8.68. The molecule has 3 aromatic rings. The van der Waals surface area contributed by atoms with E-state index in [1.165, 1.54) is 49.4 Å². The predicted molar refractivity (Wildman–Crippen MR) is 131 cm³/mol. The van der Waals surface area contributed by atoms with E-state index in [-0.39, 0.29) is 29.2 Å². The fraction of sp³-hybridized carbons (Fsp3) is 0.214. The lowest BCUT2D eigenvalue weighted by molar-refractivity contribution is -0.137. The second-order valence-electron chi connectivity index (χ2n) is 8.68. The lowest BCUT2D eigenvalue weighted by Crippen LogP contribution is -2.11. The van der Waals surface area contributed by atoms with E-state index in [9.17, 15) is 32.3 Å². The zero-order valence-corrected chi connectivity index (χ0v) is 19.8. The monoisotopic (exact) mass is 513 g/mol. The van der Waals surface area contributed by atoms with Crippen LogP contribution in [0.3, 0.4) is 0 Å². The van der Waals surface area contributed by atoms with Crippen LogP contribution in [-0.4, -0.2) is 17.0 Å². The highest BCUT2D eigenvalue weighted by Gasteiger charge is 2.32. The van der Waals surface area contributed by atoms with Gasteiger partial charge in [0.1, 0.15) is 18.2 Å². The molecule has 9 heteroatoms. The summed E-state index contributed by atoms with van der Waals surface area (Å²) in [4.78, 5) is 23.3. The highest BCUT2D eigenvalue weighted by molar-refractivity contribution is 6.02. The molecular weight excluding hydrogens is 490 g/mol. The topological polar surface area (TPSA) is 75.6 Å². The van der Waals surface area contributed by atoms with Gasteiger partial charge in [0, 0.05) is 12.5 Å². The summed E-state index contributed by atoms with van der Waals surface area (Å²) in [7, 11) is 0.